The second-order valence-corrected chi connectivity index (χ2v) is 7.23. The molecule has 0 aromatic rings. The Kier molecular flexibility index (Phi) is 2.80. The first-order valence-corrected chi connectivity index (χ1v) is 7.64. The second-order valence-electron chi connectivity index (χ2n) is 6.04. The summed E-state index contributed by atoms with van der Waals surface area (Å²) in [4.78, 5) is 4.75. The fraction of sp³-hybridized carbons (Fsp3) is 0.923. The topological polar surface area (TPSA) is 33.6 Å². The molecule has 0 aromatic carbocycles. The predicted octanol–water partition coefficient (Wildman–Crippen LogP) is 3.25. The number of hydrogen-bond acceptors (Lipinski definition) is 3. The third kappa shape index (κ3) is 2.16. The first-order chi connectivity index (χ1) is 8.11. The molecule has 3 aliphatic rings. The van der Waals surface area contributed by atoms with Gasteiger partial charge in [0.05, 0.1) is 10.8 Å². The van der Waals surface area contributed by atoms with Crippen LogP contribution in [0.1, 0.15) is 58.8 Å². The summed E-state index contributed by atoms with van der Waals surface area (Å²) >= 11 is 1.83. The molecule has 3 fully saturated rings. The maximum Gasteiger partial charge on any atom is 0.295 e. The van der Waals surface area contributed by atoms with Gasteiger partial charge in [-0.05, 0) is 51.5 Å². The van der Waals surface area contributed by atoms with E-state index >= 15 is 0 Å². The first-order valence-electron chi connectivity index (χ1n) is 6.82. The Morgan fingerprint density at radius 2 is 1.94 bits per heavy atom. The van der Waals surface area contributed by atoms with Crippen LogP contribution < -0.4 is 4.72 Å². The summed E-state index contributed by atoms with van der Waals surface area (Å²) < 4.78 is 9.70. The molecule has 1 N–H and O–H groups in total. The van der Waals surface area contributed by atoms with Gasteiger partial charge in [0, 0.05) is 0 Å². The van der Waals surface area contributed by atoms with E-state index in [0.29, 0.717) is 10.8 Å². The monoisotopic (exact) mass is 254 g/mol. The van der Waals surface area contributed by atoms with Crippen molar-refractivity contribution in [1.29, 1.82) is 0 Å². The molecule has 2 saturated carbocycles. The summed E-state index contributed by atoms with van der Waals surface area (Å²) in [6, 6.07) is 1.25. The van der Waals surface area contributed by atoms with Crippen LogP contribution in [0.15, 0.2) is 4.99 Å². The lowest BCUT2D eigenvalue weighted by Gasteiger charge is -2.40. The van der Waals surface area contributed by atoms with Crippen molar-refractivity contribution in [2.45, 2.75) is 75.2 Å². The van der Waals surface area contributed by atoms with E-state index in [1.807, 2.05) is 11.9 Å². The Balaban J connectivity index is 1.67. The molecule has 4 heteroatoms. The quantitative estimate of drug-likeness (QED) is 0.729. The number of rotatable bonds is 1. The molecule has 0 atom stereocenters. The Labute approximate surface area is 108 Å². The predicted molar refractivity (Wildman–Crippen MR) is 72.2 cm³/mol. The highest BCUT2D eigenvalue weighted by atomic mass is 32.2. The average Bonchev–Trinajstić information content (AvgIpc) is 3.07. The first kappa shape index (κ1) is 11.7. The van der Waals surface area contributed by atoms with Crippen LogP contribution in [0.3, 0.4) is 0 Å². The summed E-state index contributed by atoms with van der Waals surface area (Å²) in [5, 5.41) is 0. The van der Waals surface area contributed by atoms with Crippen LogP contribution >= 0.6 is 11.9 Å². The van der Waals surface area contributed by atoms with Gasteiger partial charge in [-0.15, -0.1) is 0 Å². The molecule has 1 saturated heterocycles. The molecule has 1 heterocycles. The highest BCUT2D eigenvalue weighted by molar-refractivity contribution is 7.99. The number of ether oxygens (including phenoxy) is 1. The van der Waals surface area contributed by atoms with Crippen LogP contribution in [-0.4, -0.2) is 22.4 Å². The smallest absolute Gasteiger partial charge is 0.295 e. The van der Waals surface area contributed by atoms with Crippen molar-refractivity contribution in [3.63, 3.8) is 0 Å². The molecule has 0 amide bonds. The minimum absolute atomic E-state index is 0.0730. The van der Waals surface area contributed by atoms with Crippen molar-refractivity contribution in [2.75, 3.05) is 0 Å². The normalized spacial score (nSPS) is 33.2. The van der Waals surface area contributed by atoms with Crippen molar-refractivity contribution >= 4 is 18.0 Å². The summed E-state index contributed by atoms with van der Waals surface area (Å²) in [5.41, 5.74) is -0.0730. The number of hydrogen-bond donors (Lipinski definition) is 1. The van der Waals surface area contributed by atoms with Gasteiger partial charge in [-0.25, -0.2) is 4.99 Å². The van der Waals surface area contributed by atoms with E-state index in [1.54, 1.807) is 0 Å². The summed E-state index contributed by atoms with van der Waals surface area (Å²) in [7, 11) is 0. The molecule has 3 nitrogen and oxygen atoms in total. The summed E-state index contributed by atoms with van der Waals surface area (Å²) in [5.74, 6) is 0. The van der Waals surface area contributed by atoms with Crippen LogP contribution in [0.2, 0.25) is 0 Å². The number of aliphatic imine (C=N–C) groups is 1. The molecule has 17 heavy (non-hydrogen) atoms. The highest BCUT2D eigenvalue weighted by Crippen LogP contribution is 2.57. The lowest BCUT2D eigenvalue weighted by molar-refractivity contribution is 0.0733. The zero-order chi connectivity index (χ0) is 11.9. The van der Waals surface area contributed by atoms with Gasteiger partial charge in [-0.1, -0.05) is 19.3 Å². The second kappa shape index (κ2) is 4.08. The number of nitrogens with zero attached hydrogens (tertiary/aromatic N) is 1. The van der Waals surface area contributed by atoms with E-state index in [0.717, 1.165) is 6.02 Å². The molecular weight excluding hydrogens is 232 g/mol. The number of nitrogens with one attached hydrogen (secondary N) is 1. The zero-order valence-electron chi connectivity index (χ0n) is 10.8. The Morgan fingerprint density at radius 1 is 1.24 bits per heavy atom. The highest BCUT2D eigenvalue weighted by Gasteiger charge is 2.60. The molecular formula is C13H22N2OS. The molecule has 1 spiro atoms. The van der Waals surface area contributed by atoms with E-state index in [-0.39, 0.29) is 5.60 Å². The Morgan fingerprint density at radius 3 is 2.53 bits per heavy atom. The SMILES string of the molecule is CC1(C)OC(=NC2CCCCC2)NSC12CC2. The molecule has 1 aliphatic heterocycles. The Bertz CT molecular complexity index is 330. The van der Waals surface area contributed by atoms with Gasteiger partial charge in [-0.2, -0.15) is 0 Å². The van der Waals surface area contributed by atoms with Crippen LogP contribution in [0, 0.1) is 0 Å². The van der Waals surface area contributed by atoms with Crippen molar-refractivity contribution in [3.8, 4) is 0 Å². The fourth-order valence-corrected chi connectivity index (χ4v) is 3.84. The van der Waals surface area contributed by atoms with Crippen LogP contribution in [0.4, 0.5) is 0 Å². The number of amidine groups is 1. The van der Waals surface area contributed by atoms with Gasteiger partial charge < -0.3 is 4.74 Å². The fourth-order valence-electron chi connectivity index (χ4n) is 2.87. The Hall–Kier alpha value is -0.380. The van der Waals surface area contributed by atoms with Crippen molar-refractivity contribution in [2.24, 2.45) is 4.99 Å². The van der Waals surface area contributed by atoms with Crippen molar-refractivity contribution < 1.29 is 4.74 Å². The third-order valence-corrected chi connectivity index (χ3v) is 5.93. The molecule has 3 rings (SSSR count). The van der Waals surface area contributed by atoms with Gasteiger partial charge in [0.15, 0.2) is 0 Å². The average molecular weight is 254 g/mol. The lowest BCUT2D eigenvalue weighted by Crippen LogP contribution is -2.50. The molecule has 0 radical (unpaired) electrons. The van der Waals surface area contributed by atoms with Gasteiger partial charge in [0.2, 0.25) is 0 Å². The molecule has 96 valence electrons. The minimum atomic E-state index is -0.0730. The van der Waals surface area contributed by atoms with Crippen LogP contribution in [0.5, 0.6) is 0 Å². The molecule has 0 aromatic heterocycles. The van der Waals surface area contributed by atoms with Crippen LogP contribution in [0.25, 0.3) is 0 Å². The van der Waals surface area contributed by atoms with Gasteiger partial charge in [-0.3, -0.25) is 4.72 Å². The van der Waals surface area contributed by atoms with Gasteiger partial charge in [0.1, 0.15) is 5.60 Å². The molecule has 0 bridgehead atoms. The summed E-state index contributed by atoms with van der Waals surface area (Å²) in [6.45, 7) is 4.40. The molecule has 2 aliphatic carbocycles. The van der Waals surface area contributed by atoms with Crippen molar-refractivity contribution in [1.82, 2.24) is 4.72 Å². The largest absolute Gasteiger partial charge is 0.457 e. The van der Waals surface area contributed by atoms with E-state index in [1.165, 1.54) is 44.9 Å². The van der Waals surface area contributed by atoms with E-state index in [2.05, 4.69) is 18.6 Å². The summed E-state index contributed by atoms with van der Waals surface area (Å²) in [6.07, 6.45) is 8.99. The maximum atomic E-state index is 6.07. The lowest BCUT2D eigenvalue weighted by atomic mass is 9.96. The van der Waals surface area contributed by atoms with Gasteiger partial charge >= 0.3 is 0 Å². The van der Waals surface area contributed by atoms with Crippen molar-refractivity contribution in [3.05, 3.63) is 0 Å². The van der Waals surface area contributed by atoms with E-state index in [9.17, 15) is 0 Å². The van der Waals surface area contributed by atoms with E-state index in [4.69, 9.17) is 9.73 Å². The zero-order valence-corrected chi connectivity index (χ0v) is 11.6. The standard InChI is InChI=1S/C13H22N2OS/c1-12(2)13(8-9-13)17-15-11(16-12)14-10-6-4-3-5-7-10/h10H,3-9H2,1-2H3,(H,14,15). The van der Waals surface area contributed by atoms with Gasteiger partial charge in [0.25, 0.3) is 6.02 Å². The third-order valence-electron chi connectivity index (χ3n) is 4.36. The van der Waals surface area contributed by atoms with E-state index < -0.39 is 0 Å². The minimum Gasteiger partial charge on any atom is -0.457 e. The molecule has 0 unspecified atom stereocenters. The van der Waals surface area contributed by atoms with Crippen LogP contribution in [-0.2, 0) is 4.74 Å². The maximum absolute atomic E-state index is 6.07.